The maximum absolute atomic E-state index is 14.0. The minimum atomic E-state index is -3.56. The van der Waals surface area contributed by atoms with Crippen LogP contribution in [0.1, 0.15) is 31.5 Å². The number of H-pyrrole nitrogens is 2. The van der Waals surface area contributed by atoms with Gasteiger partial charge >= 0.3 is 0 Å². The van der Waals surface area contributed by atoms with Gasteiger partial charge < -0.3 is 10.1 Å². The van der Waals surface area contributed by atoms with Crippen LogP contribution in [0.2, 0.25) is 0 Å². The minimum absolute atomic E-state index is 0.359. The second-order valence-electron chi connectivity index (χ2n) is 7.84. The van der Waals surface area contributed by atoms with Crippen LogP contribution < -0.4 is 5.14 Å². The van der Waals surface area contributed by atoms with Gasteiger partial charge in [0.25, 0.3) is 0 Å². The number of nitrogens with two attached hydrogens (primary N) is 1. The zero-order valence-corrected chi connectivity index (χ0v) is 18.5. The second kappa shape index (κ2) is 8.36. The topological polar surface area (TPSA) is 138 Å². The Morgan fingerprint density at radius 3 is 2.75 bits per heavy atom. The van der Waals surface area contributed by atoms with Gasteiger partial charge in [0.15, 0.2) is 17.4 Å². The molecule has 0 fully saturated rings. The molecule has 2 aromatic carbocycles. The van der Waals surface area contributed by atoms with Gasteiger partial charge in [-0.25, -0.2) is 22.9 Å². The molecular weight excluding hydrogens is 433 g/mol. The number of hydrogen-bond acceptors (Lipinski definition) is 5. The molecule has 4 aromatic rings. The number of benzene rings is 2. The van der Waals surface area contributed by atoms with E-state index in [1.807, 2.05) is 25.1 Å². The lowest BCUT2D eigenvalue weighted by Gasteiger charge is -2.10. The number of fused-ring (bicyclic) bond motifs is 1. The number of nitrogens with zero attached hydrogens (tertiary/aromatic N) is 2. The molecule has 2 aromatic heterocycles. The van der Waals surface area contributed by atoms with E-state index in [4.69, 9.17) is 5.14 Å². The van der Waals surface area contributed by atoms with Gasteiger partial charge in [0.05, 0.1) is 10.8 Å². The van der Waals surface area contributed by atoms with E-state index >= 15 is 0 Å². The zero-order valence-electron chi connectivity index (χ0n) is 17.7. The molecule has 0 amide bonds. The summed E-state index contributed by atoms with van der Waals surface area (Å²) in [6, 6.07) is 8.44. The normalized spacial score (nSPS) is 13.0. The van der Waals surface area contributed by atoms with Crippen molar-refractivity contribution >= 4 is 20.9 Å². The summed E-state index contributed by atoms with van der Waals surface area (Å²) in [6.45, 7) is 3.52. The van der Waals surface area contributed by atoms with Crippen LogP contribution in [-0.2, 0) is 22.9 Å². The molecule has 8 nitrogen and oxygen atoms in total. The molecule has 0 saturated carbocycles. The molecule has 1 unspecified atom stereocenters. The lowest BCUT2D eigenvalue weighted by Crippen LogP contribution is -2.26. The highest BCUT2D eigenvalue weighted by Gasteiger charge is 2.17. The summed E-state index contributed by atoms with van der Waals surface area (Å²) in [5.41, 5.74) is 4.53. The van der Waals surface area contributed by atoms with Crippen LogP contribution >= 0.6 is 0 Å². The summed E-state index contributed by atoms with van der Waals surface area (Å²) in [7, 11) is -3.56. The highest BCUT2D eigenvalue weighted by atomic mass is 32.2. The molecule has 168 valence electrons. The smallest absolute Gasteiger partial charge is 0.211 e. The van der Waals surface area contributed by atoms with Gasteiger partial charge in [0.2, 0.25) is 10.0 Å². The summed E-state index contributed by atoms with van der Waals surface area (Å²) in [4.78, 5) is 7.57. The van der Waals surface area contributed by atoms with E-state index in [0.717, 1.165) is 27.7 Å². The number of aromatic nitrogens is 4. The monoisotopic (exact) mass is 457 g/mol. The first-order valence-electron chi connectivity index (χ1n) is 10.2. The standard InChI is InChI=1S/C22H24FN5O3S/c1-3-13-9-20(29)18(23)10-17(13)14-5-7-16-19(8-14)27-28-21(16)22-25-11-15(26-22)6-4-12(2)32(24,30)31/h5,7-12,29H,3-4,6H2,1-2H3,(H,25,26)(H,27,28)(H2,24,30,31). The molecule has 2 heterocycles. The SMILES string of the molecule is CCc1cc(O)c(F)cc1-c1ccc2c(-c3ncc(CCC(C)S(N)(=O)=O)[nH]3)n[nH]c2c1. The van der Waals surface area contributed by atoms with E-state index in [9.17, 15) is 17.9 Å². The highest BCUT2D eigenvalue weighted by molar-refractivity contribution is 7.89. The number of nitrogens with one attached hydrogen (secondary N) is 2. The van der Waals surface area contributed by atoms with Gasteiger partial charge in [-0.1, -0.05) is 13.0 Å². The number of primary sulfonamides is 1. The van der Waals surface area contributed by atoms with E-state index in [0.29, 0.717) is 36.3 Å². The number of phenols is 1. The van der Waals surface area contributed by atoms with E-state index in [2.05, 4.69) is 20.2 Å². The second-order valence-corrected chi connectivity index (χ2v) is 9.83. The maximum Gasteiger partial charge on any atom is 0.211 e. The number of imidazole rings is 1. The van der Waals surface area contributed by atoms with Crippen molar-refractivity contribution in [2.45, 2.75) is 38.4 Å². The van der Waals surface area contributed by atoms with E-state index in [-0.39, 0.29) is 5.75 Å². The Balaban J connectivity index is 1.62. The van der Waals surface area contributed by atoms with Gasteiger partial charge in [-0.2, -0.15) is 5.10 Å². The van der Waals surface area contributed by atoms with Gasteiger partial charge in [0, 0.05) is 17.3 Å². The van der Waals surface area contributed by atoms with Gasteiger partial charge in [-0.15, -0.1) is 0 Å². The lowest BCUT2D eigenvalue weighted by molar-refractivity contribution is 0.432. The van der Waals surface area contributed by atoms with Gasteiger partial charge in [-0.05, 0) is 67.1 Å². The van der Waals surface area contributed by atoms with Crippen molar-refractivity contribution in [1.82, 2.24) is 20.2 Å². The molecule has 4 rings (SSSR count). The Bertz CT molecular complexity index is 1390. The van der Waals surface area contributed by atoms with Crippen molar-refractivity contribution in [2.75, 3.05) is 0 Å². The Kier molecular flexibility index (Phi) is 5.74. The Hall–Kier alpha value is -3.24. The summed E-state index contributed by atoms with van der Waals surface area (Å²) in [5.74, 6) is -0.461. The van der Waals surface area contributed by atoms with Crippen LogP contribution in [-0.4, -0.2) is 38.9 Å². The number of aromatic amines is 2. The van der Waals surface area contributed by atoms with Crippen molar-refractivity contribution in [3.8, 4) is 28.4 Å². The summed E-state index contributed by atoms with van der Waals surface area (Å²) >= 11 is 0. The third-order valence-corrected chi connectivity index (χ3v) is 7.02. The highest BCUT2D eigenvalue weighted by Crippen LogP contribution is 2.33. The van der Waals surface area contributed by atoms with E-state index in [1.54, 1.807) is 13.1 Å². The van der Waals surface area contributed by atoms with E-state index in [1.165, 1.54) is 12.1 Å². The molecule has 1 atom stereocenters. The van der Waals surface area contributed by atoms with Crippen LogP contribution in [0.5, 0.6) is 5.75 Å². The molecule has 10 heteroatoms. The molecule has 0 aliphatic rings. The number of aryl methyl sites for hydroxylation is 2. The fourth-order valence-electron chi connectivity index (χ4n) is 3.66. The molecule has 32 heavy (non-hydrogen) atoms. The first kappa shape index (κ1) is 22.0. The van der Waals surface area contributed by atoms with Gasteiger partial charge in [-0.3, -0.25) is 5.10 Å². The summed E-state index contributed by atoms with van der Waals surface area (Å²) in [6.07, 6.45) is 3.18. The van der Waals surface area contributed by atoms with Crippen molar-refractivity contribution < 1.29 is 17.9 Å². The van der Waals surface area contributed by atoms with Crippen molar-refractivity contribution in [3.63, 3.8) is 0 Å². The molecule has 0 saturated heterocycles. The first-order valence-corrected chi connectivity index (χ1v) is 11.8. The maximum atomic E-state index is 14.0. The predicted octanol–water partition coefficient (Wildman–Crippen LogP) is 3.64. The first-order chi connectivity index (χ1) is 15.2. The number of phenolic OH excluding ortho intramolecular Hbond substituents is 1. The molecule has 5 N–H and O–H groups in total. The van der Waals surface area contributed by atoms with Crippen LogP contribution in [0.3, 0.4) is 0 Å². The summed E-state index contributed by atoms with van der Waals surface area (Å²) < 4.78 is 36.8. The number of halogens is 1. The molecule has 0 aliphatic heterocycles. The van der Waals surface area contributed by atoms with E-state index < -0.39 is 21.1 Å². The fraction of sp³-hybridized carbons (Fsp3) is 0.273. The number of rotatable bonds is 7. The van der Waals surface area contributed by atoms with Crippen LogP contribution in [0.25, 0.3) is 33.5 Å². The average molecular weight is 458 g/mol. The molecule has 0 radical (unpaired) electrons. The van der Waals surface area contributed by atoms with Crippen molar-refractivity contribution in [1.29, 1.82) is 0 Å². The minimum Gasteiger partial charge on any atom is -0.505 e. The molecule has 0 bridgehead atoms. The van der Waals surface area contributed by atoms with Crippen LogP contribution in [0.4, 0.5) is 4.39 Å². The van der Waals surface area contributed by atoms with Crippen molar-refractivity contribution in [3.05, 3.63) is 53.6 Å². The fourth-order valence-corrected chi connectivity index (χ4v) is 4.11. The third-order valence-electron chi connectivity index (χ3n) is 5.66. The molecule has 0 aliphatic carbocycles. The lowest BCUT2D eigenvalue weighted by atomic mass is 9.96. The van der Waals surface area contributed by atoms with Gasteiger partial charge in [0.1, 0.15) is 5.69 Å². The molecule has 0 spiro atoms. The Labute approximate surface area is 184 Å². The molecular formula is C22H24FN5O3S. The number of aromatic hydroxyl groups is 1. The quantitative estimate of drug-likeness (QED) is 0.336. The summed E-state index contributed by atoms with van der Waals surface area (Å²) in [5, 5.41) is 22.4. The number of hydrogen-bond donors (Lipinski definition) is 4. The van der Waals surface area contributed by atoms with Crippen molar-refractivity contribution in [2.24, 2.45) is 5.14 Å². The van der Waals surface area contributed by atoms with Crippen LogP contribution in [0, 0.1) is 5.82 Å². The largest absolute Gasteiger partial charge is 0.505 e. The number of sulfonamides is 1. The Morgan fingerprint density at radius 1 is 1.25 bits per heavy atom. The zero-order chi connectivity index (χ0) is 23.0. The Morgan fingerprint density at radius 2 is 2.03 bits per heavy atom. The predicted molar refractivity (Wildman–Crippen MR) is 121 cm³/mol. The average Bonchev–Trinajstić information content (AvgIpc) is 3.39. The van der Waals surface area contributed by atoms with Crippen LogP contribution in [0.15, 0.2) is 36.5 Å². The third kappa shape index (κ3) is 4.23.